The second-order valence-electron chi connectivity index (χ2n) is 5.54. The topological polar surface area (TPSA) is 32.6 Å². The first-order valence-electron chi connectivity index (χ1n) is 7.20. The molecule has 2 aromatic rings. The highest BCUT2D eigenvalue weighted by Crippen LogP contribution is 2.25. The van der Waals surface area contributed by atoms with Gasteiger partial charge in [-0.3, -0.25) is 0 Å². The van der Waals surface area contributed by atoms with E-state index in [-0.39, 0.29) is 0 Å². The predicted octanol–water partition coefficient (Wildman–Crippen LogP) is 2.43. The summed E-state index contributed by atoms with van der Waals surface area (Å²) in [5.74, 6) is 1.16. The Kier molecular flexibility index (Phi) is 3.42. The van der Waals surface area contributed by atoms with Crippen molar-refractivity contribution in [3.8, 4) is 0 Å². The van der Waals surface area contributed by atoms with Crippen LogP contribution in [-0.2, 0) is 6.54 Å². The maximum absolute atomic E-state index is 4.82. The molecule has 0 aromatic carbocycles. The highest BCUT2D eigenvalue weighted by atomic mass is 15.2. The molecule has 102 valence electrons. The van der Waals surface area contributed by atoms with E-state index in [2.05, 4.69) is 52.9 Å². The summed E-state index contributed by atoms with van der Waals surface area (Å²) in [6, 6.07) is 6.69. The summed E-state index contributed by atoms with van der Waals surface area (Å²) in [5, 5.41) is 3.52. The van der Waals surface area contributed by atoms with E-state index in [1.54, 1.807) is 0 Å². The molecule has 0 spiro atoms. The Hall–Kier alpha value is -1.55. The van der Waals surface area contributed by atoms with Crippen molar-refractivity contribution in [1.82, 2.24) is 14.7 Å². The van der Waals surface area contributed by atoms with Crippen LogP contribution < -0.4 is 10.2 Å². The van der Waals surface area contributed by atoms with Crippen LogP contribution in [-0.4, -0.2) is 28.5 Å². The molecule has 0 atom stereocenters. The zero-order valence-corrected chi connectivity index (χ0v) is 11.8. The van der Waals surface area contributed by atoms with Crippen LogP contribution in [0.15, 0.2) is 24.4 Å². The molecule has 4 nitrogen and oxygen atoms in total. The van der Waals surface area contributed by atoms with Gasteiger partial charge < -0.3 is 14.6 Å². The number of imidazole rings is 1. The van der Waals surface area contributed by atoms with Crippen LogP contribution in [0.3, 0.4) is 0 Å². The lowest BCUT2D eigenvalue weighted by molar-refractivity contribution is 0.579. The monoisotopic (exact) mass is 258 g/mol. The molecule has 0 aliphatic carbocycles. The molecule has 0 amide bonds. The van der Waals surface area contributed by atoms with Gasteiger partial charge in [-0.05, 0) is 25.0 Å². The predicted molar refractivity (Wildman–Crippen MR) is 78.6 cm³/mol. The maximum atomic E-state index is 4.82. The third-order valence-electron chi connectivity index (χ3n) is 3.69. The Morgan fingerprint density at radius 3 is 2.79 bits per heavy atom. The van der Waals surface area contributed by atoms with Gasteiger partial charge in [-0.1, -0.05) is 19.9 Å². The Labute approximate surface area is 114 Å². The quantitative estimate of drug-likeness (QED) is 0.914. The van der Waals surface area contributed by atoms with E-state index < -0.39 is 0 Å². The summed E-state index contributed by atoms with van der Waals surface area (Å²) in [6.07, 6.45) is 4.68. The van der Waals surface area contributed by atoms with Gasteiger partial charge in [0.2, 0.25) is 0 Å². The lowest BCUT2D eigenvalue weighted by Gasteiger charge is -2.17. The molecule has 0 unspecified atom stereocenters. The maximum Gasteiger partial charge on any atom is 0.152 e. The van der Waals surface area contributed by atoms with Crippen LogP contribution in [0.2, 0.25) is 0 Å². The number of anilines is 1. The number of hydrogen-bond donors (Lipinski definition) is 1. The smallest absolute Gasteiger partial charge is 0.152 e. The van der Waals surface area contributed by atoms with Crippen molar-refractivity contribution in [2.75, 3.05) is 18.0 Å². The van der Waals surface area contributed by atoms with Gasteiger partial charge in [0.25, 0.3) is 0 Å². The first kappa shape index (κ1) is 12.5. The van der Waals surface area contributed by atoms with Gasteiger partial charge in [0.15, 0.2) is 5.82 Å². The van der Waals surface area contributed by atoms with Crippen molar-refractivity contribution < 1.29 is 0 Å². The van der Waals surface area contributed by atoms with Crippen LogP contribution in [0.1, 0.15) is 32.4 Å². The lowest BCUT2D eigenvalue weighted by atomic mass is 10.3. The van der Waals surface area contributed by atoms with Gasteiger partial charge >= 0.3 is 0 Å². The number of fused-ring (bicyclic) bond motifs is 1. The molecule has 0 radical (unpaired) electrons. The number of rotatable bonds is 4. The van der Waals surface area contributed by atoms with Crippen molar-refractivity contribution in [2.24, 2.45) is 0 Å². The Bertz CT molecular complexity index is 552. The van der Waals surface area contributed by atoms with Crippen molar-refractivity contribution in [1.29, 1.82) is 0 Å². The summed E-state index contributed by atoms with van der Waals surface area (Å²) < 4.78 is 2.21. The van der Waals surface area contributed by atoms with Crippen LogP contribution in [0, 0.1) is 0 Å². The molecule has 1 saturated heterocycles. The lowest BCUT2D eigenvalue weighted by Crippen LogP contribution is -2.25. The van der Waals surface area contributed by atoms with Crippen molar-refractivity contribution in [2.45, 2.75) is 39.3 Å². The summed E-state index contributed by atoms with van der Waals surface area (Å²) in [5.41, 5.74) is 2.33. The highest BCUT2D eigenvalue weighted by molar-refractivity contribution is 5.56. The van der Waals surface area contributed by atoms with Crippen LogP contribution in [0.4, 0.5) is 5.82 Å². The zero-order valence-electron chi connectivity index (χ0n) is 11.8. The fourth-order valence-electron chi connectivity index (χ4n) is 2.68. The van der Waals surface area contributed by atoms with Crippen LogP contribution in [0.5, 0.6) is 0 Å². The molecular weight excluding hydrogens is 236 g/mol. The summed E-state index contributed by atoms with van der Waals surface area (Å²) in [7, 11) is 0. The van der Waals surface area contributed by atoms with Gasteiger partial charge in [0.1, 0.15) is 5.65 Å². The molecule has 0 saturated carbocycles. The number of pyridine rings is 1. The molecule has 0 bridgehead atoms. The molecule has 1 aliphatic heterocycles. The minimum Gasteiger partial charge on any atom is -0.355 e. The molecule has 4 heteroatoms. The van der Waals surface area contributed by atoms with E-state index in [1.807, 2.05) is 0 Å². The second kappa shape index (κ2) is 5.21. The summed E-state index contributed by atoms with van der Waals surface area (Å²) >= 11 is 0. The fraction of sp³-hybridized carbons (Fsp3) is 0.533. The zero-order chi connectivity index (χ0) is 13.2. The first-order valence-corrected chi connectivity index (χ1v) is 7.20. The Balaban J connectivity index is 2.00. The Morgan fingerprint density at radius 1 is 1.26 bits per heavy atom. The minimum absolute atomic E-state index is 0.487. The third kappa shape index (κ3) is 2.45. The average molecular weight is 258 g/mol. The van der Waals surface area contributed by atoms with Gasteiger partial charge in [-0.2, -0.15) is 0 Å². The van der Waals surface area contributed by atoms with Gasteiger partial charge in [-0.15, -0.1) is 0 Å². The molecule has 1 fully saturated rings. The van der Waals surface area contributed by atoms with E-state index in [1.165, 1.54) is 18.5 Å². The summed E-state index contributed by atoms with van der Waals surface area (Å²) in [4.78, 5) is 7.24. The van der Waals surface area contributed by atoms with Gasteiger partial charge in [0.05, 0.1) is 5.69 Å². The van der Waals surface area contributed by atoms with E-state index in [4.69, 9.17) is 4.98 Å². The SMILES string of the molecule is CC(C)NCc1c(N2CCCC2)nc2ccccn12. The standard InChI is InChI=1S/C15H22N4/c1-12(2)16-11-13-15(18-8-5-6-9-18)17-14-7-3-4-10-19(13)14/h3-4,7,10,12,16H,5-6,8-9,11H2,1-2H3. The molecule has 3 heterocycles. The third-order valence-corrected chi connectivity index (χ3v) is 3.69. The van der Waals surface area contributed by atoms with E-state index in [9.17, 15) is 0 Å². The molecule has 1 N–H and O–H groups in total. The molecule has 3 rings (SSSR count). The van der Waals surface area contributed by atoms with Crippen LogP contribution >= 0.6 is 0 Å². The van der Waals surface area contributed by atoms with Crippen molar-refractivity contribution >= 4 is 11.5 Å². The van der Waals surface area contributed by atoms with E-state index in [0.717, 1.165) is 31.1 Å². The Morgan fingerprint density at radius 2 is 2.05 bits per heavy atom. The number of aromatic nitrogens is 2. The number of hydrogen-bond acceptors (Lipinski definition) is 3. The largest absolute Gasteiger partial charge is 0.355 e. The normalized spacial score (nSPS) is 15.8. The number of nitrogens with one attached hydrogen (secondary N) is 1. The minimum atomic E-state index is 0.487. The second-order valence-corrected chi connectivity index (χ2v) is 5.54. The van der Waals surface area contributed by atoms with Crippen molar-refractivity contribution in [3.63, 3.8) is 0 Å². The molecule has 19 heavy (non-hydrogen) atoms. The number of nitrogens with zero attached hydrogens (tertiary/aromatic N) is 3. The van der Waals surface area contributed by atoms with E-state index in [0.29, 0.717) is 6.04 Å². The van der Waals surface area contributed by atoms with Gasteiger partial charge in [-0.25, -0.2) is 4.98 Å². The average Bonchev–Trinajstić information content (AvgIpc) is 3.03. The van der Waals surface area contributed by atoms with Gasteiger partial charge in [0, 0.05) is 31.9 Å². The molecular formula is C15H22N4. The fourth-order valence-corrected chi connectivity index (χ4v) is 2.68. The first-order chi connectivity index (χ1) is 9.25. The summed E-state index contributed by atoms with van der Waals surface area (Å²) in [6.45, 7) is 7.50. The van der Waals surface area contributed by atoms with E-state index >= 15 is 0 Å². The van der Waals surface area contributed by atoms with Crippen LogP contribution in [0.25, 0.3) is 5.65 Å². The molecule has 1 aliphatic rings. The highest BCUT2D eigenvalue weighted by Gasteiger charge is 2.20. The molecule has 2 aromatic heterocycles. The van der Waals surface area contributed by atoms with Crippen molar-refractivity contribution in [3.05, 3.63) is 30.1 Å².